The third-order valence-corrected chi connectivity index (χ3v) is 3.83. The van der Waals surface area contributed by atoms with Gasteiger partial charge in [-0.2, -0.15) is 5.26 Å². The molecule has 3 nitrogen and oxygen atoms in total. The Labute approximate surface area is 129 Å². The number of allylic oxidation sites excluding steroid dienone is 1. The molecule has 1 heterocycles. The van der Waals surface area contributed by atoms with Crippen molar-refractivity contribution < 1.29 is 0 Å². The molecule has 0 saturated carbocycles. The van der Waals surface area contributed by atoms with Crippen LogP contribution in [-0.2, 0) is 0 Å². The highest BCUT2D eigenvalue weighted by Gasteiger charge is 2.09. The number of H-pyrrole nitrogens is 1. The van der Waals surface area contributed by atoms with Crippen LogP contribution in [0.2, 0.25) is 0 Å². The van der Waals surface area contributed by atoms with Crippen LogP contribution in [-0.4, -0.2) is 9.97 Å². The molecule has 0 atom stereocenters. The summed E-state index contributed by atoms with van der Waals surface area (Å²) in [4.78, 5) is 7.81. The number of hydrogen-bond acceptors (Lipinski definition) is 2. The molecule has 0 fully saturated rings. The van der Waals surface area contributed by atoms with Gasteiger partial charge < -0.3 is 4.98 Å². The van der Waals surface area contributed by atoms with Crippen LogP contribution in [0.1, 0.15) is 28.1 Å². The maximum atomic E-state index is 9.47. The average molecular weight is 287 g/mol. The highest BCUT2D eigenvalue weighted by molar-refractivity contribution is 5.90. The van der Waals surface area contributed by atoms with E-state index in [-0.39, 0.29) is 0 Å². The Balaban J connectivity index is 2.09. The molecule has 0 aliphatic heterocycles. The summed E-state index contributed by atoms with van der Waals surface area (Å²) >= 11 is 0. The highest BCUT2D eigenvalue weighted by atomic mass is 14.9. The summed E-state index contributed by atoms with van der Waals surface area (Å²) in [6.45, 7) is 6.18. The van der Waals surface area contributed by atoms with E-state index in [9.17, 15) is 5.26 Å². The predicted octanol–water partition coefficient (Wildman–Crippen LogP) is 4.55. The highest BCUT2D eigenvalue weighted by Crippen LogP contribution is 2.22. The Morgan fingerprint density at radius 1 is 1.14 bits per heavy atom. The summed E-state index contributed by atoms with van der Waals surface area (Å²) in [6.07, 6.45) is 1.87. The lowest BCUT2D eigenvalue weighted by atomic mass is 10.1. The van der Waals surface area contributed by atoms with Crippen LogP contribution in [0.5, 0.6) is 0 Å². The number of aryl methyl sites for hydroxylation is 3. The van der Waals surface area contributed by atoms with Crippen LogP contribution in [0.4, 0.5) is 0 Å². The van der Waals surface area contributed by atoms with E-state index in [0.717, 1.165) is 16.6 Å². The van der Waals surface area contributed by atoms with E-state index in [1.165, 1.54) is 16.7 Å². The second-order valence-corrected chi connectivity index (χ2v) is 5.62. The third kappa shape index (κ3) is 2.64. The van der Waals surface area contributed by atoms with Crippen molar-refractivity contribution in [3.63, 3.8) is 0 Å². The molecule has 0 saturated heterocycles. The molecule has 2 aromatic carbocycles. The van der Waals surface area contributed by atoms with E-state index in [0.29, 0.717) is 11.4 Å². The topological polar surface area (TPSA) is 52.5 Å². The van der Waals surface area contributed by atoms with Gasteiger partial charge in [-0.3, -0.25) is 0 Å². The Morgan fingerprint density at radius 3 is 2.64 bits per heavy atom. The number of aromatic amines is 1. The van der Waals surface area contributed by atoms with Crippen LogP contribution in [0, 0.1) is 32.1 Å². The number of nitrogens with one attached hydrogen (secondary N) is 1. The van der Waals surface area contributed by atoms with Crippen molar-refractivity contribution in [1.29, 1.82) is 5.26 Å². The van der Waals surface area contributed by atoms with Crippen molar-refractivity contribution in [3.05, 3.63) is 64.5 Å². The molecule has 3 aromatic rings. The zero-order valence-corrected chi connectivity index (χ0v) is 12.9. The van der Waals surface area contributed by atoms with Crippen molar-refractivity contribution in [1.82, 2.24) is 9.97 Å². The van der Waals surface area contributed by atoms with Gasteiger partial charge >= 0.3 is 0 Å². The first-order valence-corrected chi connectivity index (χ1v) is 7.22. The molecule has 0 unspecified atom stereocenters. The van der Waals surface area contributed by atoms with E-state index in [2.05, 4.69) is 36.0 Å². The van der Waals surface area contributed by atoms with Gasteiger partial charge in [0.2, 0.25) is 0 Å². The van der Waals surface area contributed by atoms with Gasteiger partial charge in [0.05, 0.1) is 16.6 Å². The average Bonchev–Trinajstić information content (AvgIpc) is 2.88. The second-order valence-electron chi connectivity index (χ2n) is 5.62. The number of fused-ring (bicyclic) bond motifs is 1. The maximum Gasteiger partial charge on any atom is 0.149 e. The molecule has 0 amide bonds. The van der Waals surface area contributed by atoms with E-state index < -0.39 is 0 Å². The molecule has 1 N–H and O–H groups in total. The molecule has 0 bridgehead atoms. The fourth-order valence-corrected chi connectivity index (χ4v) is 2.48. The number of hydrogen-bond donors (Lipinski definition) is 1. The van der Waals surface area contributed by atoms with Crippen LogP contribution in [0.3, 0.4) is 0 Å². The minimum atomic E-state index is 0.539. The summed E-state index contributed by atoms with van der Waals surface area (Å²) in [7, 11) is 0. The van der Waals surface area contributed by atoms with Gasteiger partial charge in [-0.25, -0.2) is 4.98 Å². The molecule has 108 valence electrons. The third-order valence-electron chi connectivity index (χ3n) is 3.83. The minimum Gasteiger partial charge on any atom is -0.337 e. The van der Waals surface area contributed by atoms with E-state index in [1.54, 1.807) is 0 Å². The molecule has 0 radical (unpaired) electrons. The number of rotatable bonds is 2. The first kappa shape index (κ1) is 14.1. The Morgan fingerprint density at radius 2 is 1.91 bits per heavy atom. The molecular formula is C19H17N3. The van der Waals surface area contributed by atoms with Gasteiger partial charge in [-0.05, 0) is 55.7 Å². The lowest BCUT2D eigenvalue weighted by molar-refractivity contribution is 1.27. The lowest BCUT2D eigenvalue weighted by Gasteiger charge is -1.97. The van der Waals surface area contributed by atoms with E-state index >= 15 is 0 Å². The predicted molar refractivity (Wildman–Crippen MR) is 90.2 cm³/mol. The normalized spacial score (nSPS) is 11.6. The quantitative estimate of drug-likeness (QED) is 0.703. The van der Waals surface area contributed by atoms with E-state index in [1.807, 2.05) is 43.3 Å². The van der Waals surface area contributed by atoms with Gasteiger partial charge in [0, 0.05) is 0 Å². The molecule has 0 aliphatic carbocycles. The fraction of sp³-hybridized carbons (Fsp3) is 0.158. The molecule has 22 heavy (non-hydrogen) atoms. The molecule has 1 aromatic heterocycles. The number of nitriles is 1. The Kier molecular flexibility index (Phi) is 3.52. The summed E-state index contributed by atoms with van der Waals surface area (Å²) < 4.78 is 0. The number of imidazole rings is 1. The molecule has 0 spiro atoms. The number of aromatic nitrogens is 2. The van der Waals surface area contributed by atoms with Crippen molar-refractivity contribution in [2.24, 2.45) is 0 Å². The fourth-order valence-electron chi connectivity index (χ4n) is 2.48. The Hall–Kier alpha value is -2.86. The summed E-state index contributed by atoms with van der Waals surface area (Å²) in [5.41, 5.74) is 6.98. The number of nitrogens with zero attached hydrogens (tertiary/aromatic N) is 2. The van der Waals surface area contributed by atoms with Crippen molar-refractivity contribution in [3.8, 4) is 6.07 Å². The maximum absolute atomic E-state index is 9.47. The first-order valence-electron chi connectivity index (χ1n) is 7.22. The van der Waals surface area contributed by atoms with Crippen LogP contribution in [0.15, 0.2) is 36.4 Å². The van der Waals surface area contributed by atoms with Gasteiger partial charge in [-0.15, -0.1) is 0 Å². The smallest absolute Gasteiger partial charge is 0.149 e. The summed E-state index contributed by atoms with van der Waals surface area (Å²) in [6, 6.07) is 14.4. The standard InChI is InChI=1S/C19H17N3/c1-12-5-4-6-15(7-12)10-16(11-20)19-21-17-8-13(2)14(3)9-18(17)22-19/h4-10H,1-3H3,(H,21,22)/b16-10-. The molecular weight excluding hydrogens is 270 g/mol. The summed E-state index contributed by atoms with van der Waals surface area (Å²) in [5, 5.41) is 9.47. The van der Waals surface area contributed by atoms with Crippen molar-refractivity contribution in [2.45, 2.75) is 20.8 Å². The number of benzene rings is 2. The monoisotopic (exact) mass is 287 g/mol. The Bertz CT molecular complexity index is 884. The van der Waals surface area contributed by atoms with E-state index in [4.69, 9.17) is 0 Å². The van der Waals surface area contributed by atoms with Crippen LogP contribution in [0.25, 0.3) is 22.7 Å². The van der Waals surface area contributed by atoms with Crippen LogP contribution >= 0.6 is 0 Å². The van der Waals surface area contributed by atoms with Gasteiger partial charge in [0.15, 0.2) is 0 Å². The SMILES string of the molecule is Cc1cccc(/C=C(/C#N)c2nc3cc(C)c(C)cc3[nH]2)c1. The van der Waals surface area contributed by atoms with Crippen molar-refractivity contribution >= 4 is 22.7 Å². The second kappa shape index (κ2) is 5.50. The molecule has 3 rings (SSSR count). The lowest BCUT2D eigenvalue weighted by Crippen LogP contribution is -1.85. The van der Waals surface area contributed by atoms with Crippen molar-refractivity contribution in [2.75, 3.05) is 0 Å². The van der Waals surface area contributed by atoms with Gasteiger partial charge in [0.1, 0.15) is 11.9 Å². The largest absolute Gasteiger partial charge is 0.337 e. The van der Waals surface area contributed by atoms with Crippen LogP contribution < -0.4 is 0 Å². The zero-order valence-electron chi connectivity index (χ0n) is 12.9. The zero-order chi connectivity index (χ0) is 15.7. The molecule has 0 aliphatic rings. The van der Waals surface area contributed by atoms with Gasteiger partial charge in [0.25, 0.3) is 0 Å². The van der Waals surface area contributed by atoms with Gasteiger partial charge in [-0.1, -0.05) is 29.8 Å². The molecule has 3 heteroatoms. The first-order chi connectivity index (χ1) is 10.6. The summed E-state index contributed by atoms with van der Waals surface area (Å²) in [5.74, 6) is 0.615. The minimum absolute atomic E-state index is 0.539.